The first kappa shape index (κ1) is 17.1. The minimum atomic E-state index is -0.309. The van der Waals surface area contributed by atoms with Crippen LogP contribution in [0.15, 0.2) is 18.2 Å². The number of aryl methyl sites for hydroxylation is 2. The molecule has 1 aromatic heterocycles. The first-order valence-corrected chi connectivity index (χ1v) is 7.73. The van der Waals surface area contributed by atoms with Crippen molar-refractivity contribution in [1.82, 2.24) is 15.2 Å². The van der Waals surface area contributed by atoms with E-state index >= 15 is 0 Å². The summed E-state index contributed by atoms with van der Waals surface area (Å²) in [6.07, 6.45) is 0. The molecular formula is C18H25N3O2. The molecule has 1 heterocycles. The molecule has 0 atom stereocenters. The Kier molecular flexibility index (Phi) is 4.50. The maximum absolute atomic E-state index is 12.5. The first-order chi connectivity index (χ1) is 10.6. The summed E-state index contributed by atoms with van der Waals surface area (Å²) < 4.78 is 0. The minimum absolute atomic E-state index is 0.0312. The van der Waals surface area contributed by atoms with Gasteiger partial charge in [-0.05, 0) is 57.9 Å². The van der Waals surface area contributed by atoms with Gasteiger partial charge in [-0.25, -0.2) is 0 Å². The zero-order valence-corrected chi connectivity index (χ0v) is 14.7. The highest BCUT2D eigenvalue weighted by Gasteiger charge is 2.20. The van der Waals surface area contributed by atoms with Gasteiger partial charge in [-0.2, -0.15) is 0 Å². The van der Waals surface area contributed by atoms with Crippen molar-refractivity contribution in [1.29, 1.82) is 0 Å². The molecule has 2 amide bonds. The summed E-state index contributed by atoms with van der Waals surface area (Å²) in [5, 5.41) is 3.89. The lowest BCUT2D eigenvalue weighted by atomic mass is 10.1. The summed E-state index contributed by atoms with van der Waals surface area (Å²) in [5.74, 6) is -0.362. The highest BCUT2D eigenvalue weighted by Crippen LogP contribution is 2.22. The van der Waals surface area contributed by atoms with E-state index in [0.717, 1.165) is 22.0 Å². The Bertz CT molecular complexity index is 753. The van der Waals surface area contributed by atoms with E-state index in [2.05, 4.69) is 16.4 Å². The van der Waals surface area contributed by atoms with Gasteiger partial charge in [0.05, 0.1) is 6.54 Å². The Hall–Kier alpha value is -2.30. The zero-order chi connectivity index (χ0) is 17.4. The van der Waals surface area contributed by atoms with E-state index in [1.54, 1.807) is 7.05 Å². The van der Waals surface area contributed by atoms with Crippen LogP contribution in [0.5, 0.6) is 0 Å². The molecule has 124 valence electrons. The number of rotatable bonds is 3. The fraction of sp³-hybridized carbons (Fsp3) is 0.444. The molecule has 0 spiro atoms. The van der Waals surface area contributed by atoms with Crippen LogP contribution in [0.4, 0.5) is 0 Å². The second-order valence-corrected chi connectivity index (χ2v) is 7.19. The summed E-state index contributed by atoms with van der Waals surface area (Å²) in [6, 6.07) is 5.96. The van der Waals surface area contributed by atoms with Gasteiger partial charge in [0.2, 0.25) is 5.91 Å². The molecular weight excluding hydrogens is 290 g/mol. The number of fused-ring (bicyclic) bond motifs is 1. The average Bonchev–Trinajstić information content (AvgIpc) is 2.79. The molecule has 0 aliphatic carbocycles. The molecule has 5 heteroatoms. The predicted octanol–water partition coefficient (Wildman–Crippen LogP) is 2.77. The molecule has 5 nitrogen and oxygen atoms in total. The number of carbonyl (C=O) groups is 2. The third kappa shape index (κ3) is 4.12. The van der Waals surface area contributed by atoms with Gasteiger partial charge in [-0.3, -0.25) is 9.59 Å². The lowest BCUT2D eigenvalue weighted by Crippen LogP contribution is -2.46. The highest BCUT2D eigenvalue weighted by molar-refractivity contribution is 6.00. The van der Waals surface area contributed by atoms with Gasteiger partial charge in [0, 0.05) is 23.5 Å². The average molecular weight is 315 g/mol. The summed E-state index contributed by atoms with van der Waals surface area (Å²) in [5.41, 5.74) is 3.41. The predicted molar refractivity (Wildman–Crippen MR) is 92.6 cm³/mol. The summed E-state index contributed by atoms with van der Waals surface area (Å²) in [4.78, 5) is 29.1. The van der Waals surface area contributed by atoms with Crippen LogP contribution in [-0.4, -0.2) is 40.8 Å². The standard InChI is InChI=1S/C18H25N3O2/c1-11-7-12(2)13-9-15(19-14(13)8-11)17(23)21(6)10-16(22)20-18(3,4)5/h7-9,19H,10H2,1-6H3,(H,20,22). The number of nitrogens with zero attached hydrogens (tertiary/aromatic N) is 1. The number of hydrogen-bond acceptors (Lipinski definition) is 2. The van der Waals surface area contributed by atoms with Gasteiger partial charge in [0.1, 0.15) is 5.69 Å². The quantitative estimate of drug-likeness (QED) is 0.914. The van der Waals surface area contributed by atoms with Gasteiger partial charge >= 0.3 is 0 Å². The Morgan fingerprint density at radius 3 is 2.43 bits per heavy atom. The number of amides is 2. The Morgan fingerprint density at radius 1 is 1.17 bits per heavy atom. The van der Waals surface area contributed by atoms with Gasteiger partial charge in [0.25, 0.3) is 5.91 Å². The van der Waals surface area contributed by atoms with Crippen molar-refractivity contribution >= 4 is 22.7 Å². The maximum atomic E-state index is 12.5. The Morgan fingerprint density at radius 2 is 1.83 bits per heavy atom. The highest BCUT2D eigenvalue weighted by atomic mass is 16.2. The topological polar surface area (TPSA) is 65.2 Å². The lowest BCUT2D eigenvalue weighted by Gasteiger charge is -2.23. The molecule has 0 fully saturated rings. The molecule has 2 aromatic rings. The van der Waals surface area contributed by atoms with Crippen molar-refractivity contribution in [2.45, 2.75) is 40.2 Å². The summed E-state index contributed by atoms with van der Waals surface area (Å²) >= 11 is 0. The van der Waals surface area contributed by atoms with E-state index in [9.17, 15) is 9.59 Å². The molecule has 0 saturated carbocycles. The fourth-order valence-corrected chi connectivity index (χ4v) is 2.67. The van der Waals surface area contributed by atoms with E-state index in [0.29, 0.717) is 5.69 Å². The number of benzene rings is 1. The molecule has 0 aliphatic heterocycles. The Balaban J connectivity index is 2.17. The smallest absolute Gasteiger partial charge is 0.270 e. The zero-order valence-electron chi connectivity index (χ0n) is 14.7. The number of aromatic nitrogens is 1. The first-order valence-electron chi connectivity index (χ1n) is 7.73. The normalized spacial score (nSPS) is 11.6. The van der Waals surface area contributed by atoms with E-state index in [4.69, 9.17) is 0 Å². The number of hydrogen-bond donors (Lipinski definition) is 2. The van der Waals surface area contributed by atoms with Crippen molar-refractivity contribution in [3.05, 3.63) is 35.0 Å². The molecule has 1 aromatic carbocycles. The number of nitrogens with one attached hydrogen (secondary N) is 2. The number of likely N-dealkylation sites (N-methyl/N-ethyl adjacent to an activating group) is 1. The van der Waals surface area contributed by atoms with Crippen molar-refractivity contribution < 1.29 is 9.59 Å². The van der Waals surface area contributed by atoms with E-state index < -0.39 is 0 Å². The van der Waals surface area contributed by atoms with Crippen LogP contribution in [0.25, 0.3) is 10.9 Å². The van der Waals surface area contributed by atoms with E-state index in [1.807, 2.05) is 46.8 Å². The van der Waals surface area contributed by atoms with Crippen molar-refractivity contribution in [3.63, 3.8) is 0 Å². The van der Waals surface area contributed by atoms with Crippen LogP contribution in [0.3, 0.4) is 0 Å². The molecule has 0 unspecified atom stereocenters. The van der Waals surface area contributed by atoms with Crippen LogP contribution in [0, 0.1) is 13.8 Å². The van der Waals surface area contributed by atoms with Crippen molar-refractivity contribution in [2.24, 2.45) is 0 Å². The molecule has 0 saturated heterocycles. The minimum Gasteiger partial charge on any atom is -0.351 e. The third-order valence-electron chi connectivity index (χ3n) is 3.56. The van der Waals surface area contributed by atoms with Crippen LogP contribution in [0.2, 0.25) is 0 Å². The summed E-state index contributed by atoms with van der Waals surface area (Å²) in [6.45, 7) is 9.82. The Labute approximate surface area is 137 Å². The van der Waals surface area contributed by atoms with Gasteiger partial charge < -0.3 is 15.2 Å². The second-order valence-electron chi connectivity index (χ2n) is 7.19. The molecule has 0 bridgehead atoms. The van der Waals surface area contributed by atoms with Crippen LogP contribution in [-0.2, 0) is 4.79 Å². The van der Waals surface area contributed by atoms with Crippen LogP contribution < -0.4 is 5.32 Å². The fourth-order valence-electron chi connectivity index (χ4n) is 2.67. The second kappa shape index (κ2) is 6.07. The number of aromatic amines is 1. The van der Waals surface area contributed by atoms with Crippen LogP contribution >= 0.6 is 0 Å². The molecule has 2 N–H and O–H groups in total. The molecule has 2 rings (SSSR count). The van der Waals surface area contributed by atoms with Crippen LogP contribution in [0.1, 0.15) is 42.4 Å². The van der Waals surface area contributed by atoms with E-state index in [1.165, 1.54) is 4.90 Å². The van der Waals surface area contributed by atoms with Crippen molar-refractivity contribution in [2.75, 3.05) is 13.6 Å². The largest absolute Gasteiger partial charge is 0.351 e. The number of H-pyrrole nitrogens is 1. The maximum Gasteiger partial charge on any atom is 0.270 e. The lowest BCUT2D eigenvalue weighted by molar-refractivity contribution is -0.122. The van der Waals surface area contributed by atoms with E-state index in [-0.39, 0.29) is 23.9 Å². The van der Waals surface area contributed by atoms with Gasteiger partial charge in [-0.15, -0.1) is 0 Å². The number of carbonyl (C=O) groups excluding carboxylic acids is 2. The van der Waals surface area contributed by atoms with Crippen molar-refractivity contribution in [3.8, 4) is 0 Å². The monoisotopic (exact) mass is 315 g/mol. The molecule has 0 radical (unpaired) electrons. The third-order valence-corrected chi connectivity index (χ3v) is 3.56. The summed E-state index contributed by atoms with van der Waals surface area (Å²) in [7, 11) is 1.63. The molecule has 23 heavy (non-hydrogen) atoms. The SMILES string of the molecule is Cc1cc(C)c2cc(C(=O)N(C)CC(=O)NC(C)(C)C)[nH]c2c1. The van der Waals surface area contributed by atoms with Gasteiger partial charge in [-0.1, -0.05) is 6.07 Å². The van der Waals surface area contributed by atoms with Gasteiger partial charge in [0.15, 0.2) is 0 Å². The molecule has 0 aliphatic rings.